The van der Waals surface area contributed by atoms with Gasteiger partial charge in [0.15, 0.2) is 11.9 Å². The van der Waals surface area contributed by atoms with Crippen LogP contribution in [-0.2, 0) is 4.79 Å². The fourth-order valence-electron chi connectivity index (χ4n) is 1.56. The summed E-state index contributed by atoms with van der Waals surface area (Å²) in [5.41, 5.74) is 0.419. The van der Waals surface area contributed by atoms with Gasteiger partial charge < -0.3 is 14.6 Å². The molecule has 0 aliphatic heterocycles. The first-order valence-electron chi connectivity index (χ1n) is 6.10. The zero-order valence-electron chi connectivity index (χ0n) is 11.4. The minimum Gasteiger partial charge on any atom is -0.479 e. The van der Waals surface area contributed by atoms with Crippen molar-refractivity contribution >= 4 is 23.3 Å². The van der Waals surface area contributed by atoms with Gasteiger partial charge in [-0.1, -0.05) is 16.8 Å². The van der Waals surface area contributed by atoms with Crippen LogP contribution in [0.5, 0.6) is 5.75 Å². The number of halogens is 1. The Morgan fingerprint density at radius 1 is 1.52 bits per heavy atom. The molecule has 0 saturated carbocycles. The van der Waals surface area contributed by atoms with Crippen molar-refractivity contribution in [3.05, 3.63) is 40.6 Å². The number of amides is 1. The van der Waals surface area contributed by atoms with E-state index in [-0.39, 0.29) is 10.9 Å². The van der Waals surface area contributed by atoms with Crippen LogP contribution in [0.25, 0.3) is 0 Å². The van der Waals surface area contributed by atoms with Crippen LogP contribution in [0.4, 0.5) is 5.82 Å². The molecule has 108 valence electrons. The molecule has 0 spiro atoms. The van der Waals surface area contributed by atoms with Crippen molar-refractivity contribution in [2.45, 2.75) is 20.0 Å². The fraction of sp³-hybridized carbons (Fsp3) is 0.214. The van der Waals surface area contributed by atoms with E-state index in [4.69, 9.17) is 26.1 Å². The number of anilines is 1. The van der Waals surface area contributed by atoms with Crippen LogP contribution < -0.4 is 10.1 Å². The van der Waals surface area contributed by atoms with E-state index in [2.05, 4.69) is 10.5 Å². The highest BCUT2D eigenvalue weighted by atomic mass is 35.5. The number of carbonyl (C=O) groups is 1. The molecule has 7 heteroatoms. The largest absolute Gasteiger partial charge is 0.479 e. The lowest BCUT2D eigenvalue weighted by Crippen LogP contribution is -2.30. The van der Waals surface area contributed by atoms with Crippen LogP contribution in [0, 0.1) is 18.3 Å². The summed E-state index contributed by atoms with van der Waals surface area (Å²) >= 11 is 5.99. The molecule has 2 rings (SSSR count). The second kappa shape index (κ2) is 6.29. The lowest BCUT2D eigenvalue weighted by atomic mass is 10.2. The molecule has 1 amide bonds. The highest BCUT2D eigenvalue weighted by Gasteiger charge is 2.17. The van der Waals surface area contributed by atoms with E-state index in [9.17, 15) is 4.79 Å². The number of benzene rings is 1. The Morgan fingerprint density at radius 2 is 2.29 bits per heavy atom. The average molecular weight is 306 g/mol. The van der Waals surface area contributed by atoms with Crippen molar-refractivity contribution < 1.29 is 14.1 Å². The van der Waals surface area contributed by atoms with E-state index in [1.54, 1.807) is 32.0 Å². The molecule has 1 aromatic heterocycles. The second-order valence-corrected chi connectivity index (χ2v) is 4.74. The molecule has 21 heavy (non-hydrogen) atoms. The lowest BCUT2D eigenvalue weighted by molar-refractivity contribution is -0.122. The molecule has 1 atom stereocenters. The topological polar surface area (TPSA) is 88.1 Å². The third-order valence-corrected chi connectivity index (χ3v) is 2.91. The van der Waals surface area contributed by atoms with Crippen LogP contribution in [0.1, 0.15) is 18.2 Å². The van der Waals surface area contributed by atoms with Gasteiger partial charge in [0.05, 0.1) is 16.7 Å². The van der Waals surface area contributed by atoms with E-state index < -0.39 is 6.10 Å². The van der Waals surface area contributed by atoms with Gasteiger partial charge in [-0.25, -0.2) is 0 Å². The van der Waals surface area contributed by atoms with Gasteiger partial charge in [0.2, 0.25) is 0 Å². The molecule has 1 N–H and O–H groups in total. The summed E-state index contributed by atoms with van der Waals surface area (Å²) in [5.74, 6) is 0.853. The molecule has 0 aliphatic carbocycles. The zero-order chi connectivity index (χ0) is 15.4. The minimum absolute atomic E-state index is 0.269. The maximum absolute atomic E-state index is 11.9. The lowest BCUT2D eigenvalue weighted by Gasteiger charge is -2.14. The van der Waals surface area contributed by atoms with E-state index in [0.29, 0.717) is 22.9 Å². The van der Waals surface area contributed by atoms with Gasteiger partial charge >= 0.3 is 0 Å². The molecule has 0 radical (unpaired) electrons. The maximum Gasteiger partial charge on any atom is 0.266 e. The van der Waals surface area contributed by atoms with E-state index in [0.717, 1.165) is 0 Å². The smallest absolute Gasteiger partial charge is 0.266 e. The van der Waals surface area contributed by atoms with Gasteiger partial charge in [-0.3, -0.25) is 4.79 Å². The van der Waals surface area contributed by atoms with Crippen molar-refractivity contribution in [2.75, 3.05) is 5.32 Å². The van der Waals surface area contributed by atoms with E-state index >= 15 is 0 Å². The quantitative estimate of drug-likeness (QED) is 0.938. The molecule has 0 aliphatic rings. The molecule has 6 nitrogen and oxygen atoms in total. The summed E-state index contributed by atoms with van der Waals surface area (Å²) in [7, 11) is 0. The number of nitrogens with one attached hydrogen (secondary N) is 1. The van der Waals surface area contributed by atoms with Gasteiger partial charge in [-0.15, -0.1) is 0 Å². The van der Waals surface area contributed by atoms with Crippen LogP contribution in [0.15, 0.2) is 28.8 Å². The molecule has 0 fully saturated rings. The Bertz CT molecular complexity index is 706. The fourth-order valence-corrected chi connectivity index (χ4v) is 1.79. The number of rotatable bonds is 4. The standard InChI is InChI=1S/C14H12ClN3O3/c1-8-5-13(18-21-8)17-14(19)9(2)20-12-4-3-10(7-16)6-11(12)15/h3-6,9H,1-2H3,(H,17,18,19). The second-order valence-electron chi connectivity index (χ2n) is 4.33. The molecule has 0 bridgehead atoms. The van der Waals surface area contributed by atoms with Crippen molar-refractivity contribution in [3.63, 3.8) is 0 Å². The number of nitrogens with zero attached hydrogens (tertiary/aromatic N) is 2. The molecule has 1 heterocycles. The Labute approximate surface area is 126 Å². The molecule has 1 unspecified atom stereocenters. The molecular weight excluding hydrogens is 294 g/mol. The Balaban J connectivity index is 2.02. The van der Waals surface area contributed by atoms with Crippen LogP contribution in [0.3, 0.4) is 0 Å². The average Bonchev–Trinajstić information content (AvgIpc) is 2.86. The van der Waals surface area contributed by atoms with Crippen molar-refractivity contribution in [2.24, 2.45) is 0 Å². The first-order chi connectivity index (χ1) is 9.99. The zero-order valence-corrected chi connectivity index (χ0v) is 12.1. The SMILES string of the molecule is Cc1cc(NC(=O)C(C)Oc2ccc(C#N)cc2Cl)no1. The number of carbonyl (C=O) groups excluding carboxylic acids is 1. The van der Waals surface area contributed by atoms with Gasteiger partial charge in [0.1, 0.15) is 11.5 Å². The maximum atomic E-state index is 11.9. The summed E-state index contributed by atoms with van der Waals surface area (Å²) < 4.78 is 10.3. The highest BCUT2D eigenvalue weighted by Crippen LogP contribution is 2.26. The molecule has 1 aromatic carbocycles. The highest BCUT2D eigenvalue weighted by molar-refractivity contribution is 6.32. The normalized spacial score (nSPS) is 11.5. The third kappa shape index (κ3) is 3.74. The van der Waals surface area contributed by atoms with E-state index in [1.807, 2.05) is 6.07 Å². The summed E-state index contributed by atoms with van der Waals surface area (Å²) in [6.45, 7) is 3.30. The number of hydrogen-bond donors (Lipinski definition) is 1. The predicted octanol–water partition coefficient (Wildman–Crippen LogP) is 2.91. The van der Waals surface area contributed by atoms with Crippen LogP contribution in [-0.4, -0.2) is 17.2 Å². The monoisotopic (exact) mass is 305 g/mol. The number of aromatic nitrogens is 1. The predicted molar refractivity (Wildman–Crippen MR) is 76.1 cm³/mol. The van der Waals surface area contributed by atoms with E-state index in [1.165, 1.54) is 6.07 Å². The minimum atomic E-state index is -0.785. The van der Waals surface area contributed by atoms with Gasteiger partial charge in [-0.2, -0.15) is 5.26 Å². The third-order valence-electron chi connectivity index (χ3n) is 2.61. The Hall–Kier alpha value is -2.52. The van der Waals surface area contributed by atoms with Crippen molar-refractivity contribution in [3.8, 4) is 11.8 Å². The summed E-state index contributed by atoms with van der Waals surface area (Å²) in [4.78, 5) is 11.9. The van der Waals surface area contributed by atoms with Gasteiger partial charge in [0.25, 0.3) is 5.91 Å². The first kappa shape index (κ1) is 14.9. The van der Waals surface area contributed by atoms with Crippen molar-refractivity contribution in [1.82, 2.24) is 5.16 Å². The van der Waals surface area contributed by atoms with Crippen molar-refractivity contribution in [1.29, 1.82) is 5.26 Å². The number of nitriles is 1. The summed E-state index contributed by atoms with van der Waals surface area (Å²) in [6, 6.07) is 8.15. The molecular formula is C14H12ClN3O3. The van der Waals surface area contributed by atoms with Crippen LogP contribution >= 0.6 is 11.6 Å². The number of hydrogen-bond acceptors (Lipinski definition) is 5. The molecule has 2 aromatic rings. The Morgan fingerprint density at radius 3 is 2.86 bits per heavy atom. The Kier molecular flexibility index (Phi) is 4.45. The molecule has 0 saturated heterocycles. The number of aryl methyl sites for hydroxylation is 1. The first-order valence-corrected chi connectivity index (χ1v) is 6.48. The summed E-state index contributed by atoms with van der Waals surface area (Å²) in [5, 5.41) is 15.3. The summed E-state index contributed by atoms with van der Waals surface area (Å²) in [6.07, 6.45) is -0.785. The van der Waals surface area contributed by atoms with Gasteiger partial charge in [0, 0.05) is 6.07 Å². The van der Waals surface area contributed by atoms with Crippen LogP contribution in [0.2, 0.25) is 5.02 Å². The van der Waals surface area contributed by atoms with Gasteiger partial charge in [-0.05, 0) is 32.0 Å². The number of ether oxygens (including phenoxy) is 1.